The zero-order valence-electron chi connectivity index (χ0n) is 11.8. The summed E-state index contributed by atoms with van der Waals surface area (Å²) in [7, 11) is 0. The summed E-state index contributed by atoms with van der Waals surface area (Å²) in [5.41, 5.74) is 1.31. The Labute approximate surface area is 123 Å². The molecule has 0 bridgehead atoms. The third-order valence-corrected chi connectivity index (χ3v) is 3.92. The number of benzene rings is 1. The highest BCUT2D eigenvalue weighted by Crippen LogP contribution is 2.18. The first-order chi connectivity index (χ1) is 10.2. The lowest BCUT2D eigenvalue weighted by molar-refractivity contribution is 0.0938. The molecule has 3 rings (SSSR count). The van der Waals surface area contributed by atoms with Crippen LogP contribution >= 0.6 is 0 Å². The van der Waals surface area contributed by atoms with Gasteiger partial charge in [0.25, 0.3) is 11.5 Å². The van der Waals surface area contributed by atoms with Crippen molar-refractivity contribution in [2.24, 2.45) is 0 Å². The molecule has 1 aromatic heterocycles. The van der Waals surface area contributed by atoms with Crippen molar-refractivity contribution in [3.05, 3.63) is 64.6 Å². The van der Waals surface area contributed by atoms with E-state index in [1.165, 1.54) is 18.9 Å². The fourth-order valence-corrected chi connectivity index (χ4v) is 2.75. The van der Waals surface area contributed by atoms with Gasteiger partial charge in [0, 0.05) is 29.6 Å². The zero-order chi connectivity index (χ0) is 14.7. The van der Waals surface area contributed by atoms with Gasteiger partial charge < -0.3 is 5.32 Å². The third kappa shape index (κ3) is 3.05. The average molecular weight is 282 g/mol. The minimum absolute atomic E-state index is 0.0335. The number of amides is 1. The van der Waals surface area contributed by atoms with Crippen LogP contribution in [-0.4, -0.2) is 16.5 Å². The van der Waals surface area contributed by atoms with Gasteiger partial charge in [-0.25, -0.2) is 0 Å². The Hall–Kier alpha value is -2.36. The number of hydrogen-bond donors (Lipinski definition) is 1. The minimum atomic E-state index is -0.0827. The standard InChI is InChI=1S/C17H18N2O2/c20-16-7-3-4-12-19(16)15-10-8-13(9-11-15)17(21)18-14-5-1-2-6-14/h3-4,7-12,14H,1-2,5-6H2,(H,18,21). The summed E-state index contributed by atoms with van der Waals surface area (Å²) in [6, 6.07) is 12.5. The second kappa shape index (κ2) is 5.95. The Bertz CT molecular complexity index is 682. The maximum Gasteiger partial charge on any atom is 0.255 e. The van der Waals surface area contributed by atoms with Crippen LogP contribution in [0.5, 0.6) is 0 Å². The highest BCUT2D eigenvalue weighted by Gasteiger charge is 2.17. The van der Waals surface area contributed by atoms with Crippen LogP contribution in [0, 0.1) is 0 Å². The van der Waals surface area contributed by atoms with Crippen molar-refractivity contribution in [2.75, 3.05) is 0 Å². The summed E-state index contributed by atoms with van der Waals surface area (Å²) in [6.07, 6.45) is 6.25. The first-order valence-electron chi connectivity index (χ1n) is 7.33. The largest absolute Gasteiger partial charge is 0.349 e. The fraction of sp³-hybridized carbons (Fsp3) is 0.294. The predicted octanol–water partition coefficient (Wildman–Crippen LogP) is 2.51. The lowest BCUT2D eigenvalue weighted by Gasteiger charge is -2.12. The van der Waals surface area contributed by atoms with Gasteiger partial charge in [-0.05, 0) is 43.2 Å². The molecule has 1 aliphatic rings. The van der Waals surface area contributed by atoms with Crippen LogP contribution in [0.4, 0.5) is 0 Å². The number of nitrogens with one attached hydrogen (secondary N) is 1. The molecule has 0 atom stereocenters. The van der Waals surface area contributed by atoms with Crippen molar-refractivity contribution < 1.29 is 4.79 Å². The number of carbonyl (C=O) groups is 1. The van der Waals surface area contributed by atoms with E-state index in [1.54, 1.807) is 41.1 Å². The number of rotatable bonds is 3. The van der Waals surface area contributed by atoms with Gasteiger partial charge >= 0.3 is 0 Å². The molecule has 0 radical (unpaired) electrons. The Balaban J connectivity index is 1.76. The Morgan fingerprint density at radius 3 is 2.43 bits per heavy atom. The Kier molecular flexibility index (Phi) is 3.86. The predicted molar refractivity (Wildman–Crippen MR) is 81.8 cm³/mol. The van der Waals surface area contributed by atoms with E-state index in [2.05, 4.69) is 5.32 Å². The molecule has 0 aliphatic heterocycles. The lowest BCUT2D eigenvalue weighted by Crippen LogP contribution is -2.32. The molecular formula is C17H18N2O2. The Morgan fingerprint density at radius 2 is 1.76 bits per heavy atom. The van der Waals surface area contributed by atoms with Gasteiger partial charge in [-0.15, -0.1) is 0 Å². The van der Waals surface area contributed by atoms with Crippen LogP contribution in [0.2, 0.25) is 0 Å². The van der Waals surface area contributed by atoms with Gasteiger partial charge in [0.1, 0.15) is 0 Å². The van der Waals surface area contributed by atoms with Crippen molar-refractivity contribution in [3.8, 4) is 5.69 Å². The van der Waals surface area contributed by atoms with Crippen molar-refractivity contribution in [3.63, 3.8) is 0 Å². The summed E-state index contributed by atoms with van der Waals surface area (Å²) in [5.74, 6) is -0.0335. The number of carbonyl (C=O) groups excluding carboxylic acids is 1. The fourth-order valence-electron chi connectivity index (χ4n) is 2.75. The van der Waals surface area contributed by atoms with Gasteiger partial charge in [0.05, 0.1) is 0 Å². The van der Waals surface area contributed by atoms with Gasteiger partial charge in [-0.2, -0.15) is 0 Å². The maximum atomic E-state index is 12.1. The van der Waals surface area contributed by atoms with Crippen LogP contribution in [0.25, 0.3) is 5.69 Å². The Morgan fingerprint density at radius 1 is 1.05 bits per heavy atom. The van der Waals surface area contributed by atoms with E-state index in [0.29, 0.717) is 11.6 Å². The molecule has 1 saturated carbocycles. The molecule has 1 aromatic carbocycles. The molecule has 1 N–H and O–H groups in total. The smallest absolute Gasteiger partial charge is 0.255 e. The highest BCUT2D eigenvalue weighted by atomic mass is 16.1. The minimum Gasteiger partial charge on any atom is -0.349 e. The molecule has 108 valence electrons. The van der Waals surface area contributed by atoms with Crippen molar-refractivity contribution in [1.29, 1.82) is 0 Å². The van der Waals surface area contributed by atoms with E-state index in [9.17, 15) is 9.59 Å². The molecule has 0 unspecified atom stereocenters. The molecule has 1 fully saturated rings. The number of nitrogens with zero attached hydrogens (tertiary/aromatic N) is 1. The van der Waals surface area contributed by atoms with Crippen LogP contribution in [0.3, 0.4) is 0 Å². The third-order valence-electron chi connectivity index (χ3n) is 3.92. The normalized spacial score (nSPS) is 15.0. The van der Waals surface area contributed by atoms with Crippen LogP contribution in [0.15, 0.2) is 53.5 Å². The van der Waals surface area contributed by atoms with Crippen molar-refractivity contribution >= 4 is 5.91 Å². The van der Waals surface area contributed by atoms with E-state index in [-0.39, 0.29) is 11.5 Å². The van der Waals surface area contributed by atoms with Crippen molar-refractivity contribution in [2.45, 2.75) is 31.7 Å². The van der Waals surface area contributed by atoms with E-state index in [1.807, 2.05) is 6.07 Å². The molecule has 0 spiro atoms. The number of pyridine rings is 1. The lowest BCUT2D eigenvalue weighted by atomic mass is 10.1. The average Bonchev–Trinajstić information content (AvgIpc) is 3.01. The molecule has 1 heterocycles. The monoisotopic (exact) mass is 282 g/mol. The van der Waals surface area contributed by atoms with Gasteiger partial charge in [-0.3, -0.25) is 14.2 Å². The topological polar surface area (TPSA) is 51.1 Å². The summed E-state index contributed by atoms with van der Waals surface area (Å²) in [6.45, 7) is 0. The summed E-state index contributed by atoms with van der Waals surface area (Å²) in [4.78, 5) is 23.9. The van der Waals surface area contributed by atoms with Gasteiger partial charge in [0.2, 0.25) is 0 Å². The summed E-state index contributed by atoms with van der Waals surface area (Å²) >= 11 is 0. The van der Waals surface area contributed by atoms with E-state index >= 15 is 0 Å². The van der Waals surface area contributed by atoms with E-state index < -0.39 is 0 Å². The first kappa shape index (κ1) is 13.6. The van der Waals surface area contributed by atoms with E-state index in [0.717, 1.165) is 18.5 Å². The molecular weight excluding hydrogens is 264 g/mol. The maximum absolute atomic E-state index is 12.1. The van der Waals surface area contributed by atoms with Crippen LogP contribution in [-0.2, 0) is 0 Å². The molecule has 1 amide bonds. The SMILES string of the molecule is O=C(NC1CCCC1)c1ccc(-n2ccccc2=O)cc1. The van der Waals surface area contributed by atoms with Crippen LogP contribution < -0.4 is 10.9 Å². The second-order valence-electron chi connectivity index (χ2n) is 5.41. The molecule has 4 nitrogen and oxygen atoms in total. The van der Waals surface area contributed by atoms with Gasteiger partial charge in [0.15, 0.2) is 0 Å². The zero-order valence-corrected chi connectivity index (χ0v) is 11.8. The highest BCUT2D eigenvalue weighted by molar-refractivity contribution is 5.94. The van der Waals surface area contributed by atoms with E-state index in [4.69, 9.17) is 0 Å². The number of aromatic nitrogens is 1. The van der Waals surface area contributed by atoms with Crippen molar-refractivity contribution in [1.82, 2.24) is 9.88 Å². The summed E-state index contributed by atoms with van der Waals surface area (Å²) in [5, 5.41) is 3.06. The molecule has 4 heteroatoms. The van der Waals surface area contributed by atoms with Gasteiger partial charge in [-0.1, -0.05) is 18.9 Å². The molecule has 0 saturated heterocycles. The molecule has 1 aliphatic carbocycles. The summed E-state index contributed by atoms with van der Waals surface area (Å²) < 4.78 is 1.55. The quantitative estimate of drug-likeness (QED) is 0.940. The number of hydrogen-bond acceptors (Lipinski definition) is 2. The second-order valence-corrected chi connectivity index (χ2v) is 5.41. The first-order valence-corrected chi connectivity index (χ1v) is 7.33. The van der Waals surface area contributed by atoms with Crippen LogP contribution in [0.1, 0.15) is 36.0 Å². The molecule has 21 heavy (non-hydrogen) atoms. The molecule has 2 aromatic rings.